The van der Waals surface area contributed by atoms with Crippen LogP contribution >= 0.6 is 0 Å². The summed E-state index contributed by atoms with van der Waals surface area (Å²) in [6.45, 7) is 4.12. The molecule has 0 radical (unpaired) electrons. The lowest BCUT2D eigenvalue weighted by Gasteiger charge is -2.17. The maximum atomic E-state index is 6.46. The highest BCUT2D eigenvalue weighted by molar-refractivity contribution is 5.89. The van der Waals surface area contributed by atoms with E-state index in [1.807, 2.05) is 50.4 Å². The van der Waals surface area contributed by atoms with Gasteiger partial charge in [-0.1, -0.05) is 18.2 Å². The Hall–Kier alpha value is -4.63. The number of ether oxygens (including phenoxy) is 1. The maximum Gasteiger partial charge on any atom is 0.166 e. The average Bonchev–Trinajstić information content (AvgIpc) is 3.62. The number of fused-ring (bicyclic) bond motifs is 2. The second-order valence-corrected chi connectivity index (χ2v) is 9.22. The standard InChI is InChI=1S/C28H27N7O2/c1-15-21-10-24(32-13-25(21)35-34-15)22-11-26(28(30)33-27(22)19-7-8-36-16(19)2)37-14-18(29)9-17-12-31-23-6-4-3-5-20(17)23/h3-8,10-13,18,31H,9,14,29H2,1-2H3,(H2,30,33)(H,34,35)/t18-/m0/s1. The second kappa shape index (κ2) is 9.11. The minimum atomic E-state index is -0.235. The highest BCUT2D eigenvalue weighted by Crippen LogP contribution is 2.38. The van der Waals surface area contributed by atoms with E-state index < -0.39 is 0 Å². The number of hydrogen-bond acceptors (Lipinski definition) is 7. The summed E-state index contributed by atoms with van der Waals surface area (Å²) in [5.41, 5.74) is 19.9. The van der Waals surface area contributed by atoms with Crippen LogP contribution in [0, 0.1) is 13.8 Å². The molecule has 5 aromatic heterocycles. The molecule has 0 aliphatic rings. The smallest absolute Gasteiger partial charge is 0.166 e. The fraction of sp³-hybridized carbons (Fsp3) is 0.179. The van der Waals surface area contributed by atoms with E-state index >= 15 is 0 Å². The number of pyridine rings is 2. The Morgan fingerprint density at radius 1 is 1.05 bits per heavy atom. The second-order valence-electron chi connectivity index (χ2n) is 9.22. The van der Waals surface area contributed by atoms with Crippen LogP contribution in [0.2, 0.25) is 0 Å². The molecule has 0 aliphatic carbocycles. The fourth-order valence-corrected chi connectivity index (χ4v) is 4.69. The number of furan rings is 1. The lowest BCUT2D eigenvalue weighted by atomic mass is 10.0. The predicted molar refractivity (Wildman–Crippen MR) is 144 cm³/mol. The van der Waals surface area contributed by atoms with E-state index in [1.165, 1.54) is 0 Å². The number of rotatable bonds is 7. The van der Waals surface area contributed by atoms with Crippen molar-refractivity contribution in [3.63, 3.8) is 0 Å². The van der Waals surface area contributed by atoms with Crippen molar-refractivity contribution < 1.29 is 9.15 Å². The van der Waals surface area contributed by atoms with Gasteiger partial charge in [0.2, 0.25) is 0 Å². The molecule has 0 saturated carbocycles. The molecular weight excluding hydrogens is 466 g/mol. The topological polar surface area (TPSA) is 145 Å². The van der Waals surface area contributed by atoms with E-state index in [4.69, 9.17) is 25.6 Å². The molecule has 1 atom stereocenters. The molecule has 9 heteroatoms. The number of hydrogen-bond donors (Lipinski definition) is 4. The third-order valence-corrected chi connectivity index (χ3v) is 6.65. The molecule has 0 aliphatic heterocycles. The van der Waals surface area contributed by atoms with Crippen molar-refractivity contribution in [3.05, 3.63) is 78.1 Å². The molecule has 6 aromatic rings. The third-order valence-electron chi connectivity index (χ3n) is 6.65. The van der Waals surface area contributed by atoms with E-state index in [2.05, 4.69) is 32.3 Å². The van der Waals surface area contributed by atoms with Gasteiger partial charge in [0.1, 0.15) is 12.4 Å². The number of aromatic nitrogens is 5. The van der Waals surface area contributed by atoms with E-state index in [9.17, 15) is 0 Å². The molecular formula is C28H27N7O2. The number of anilines is 1. The van der Waals surface area contributed by atoms with Gasteiger partial charge in [0, 0.05) is 39.7 Å². The van der Waals surface area contributed by atoms with Crippen LogP contribution in [0.4, 0.5) is 5.82 Å². The van der Waals surface area contributed by atoms with Crippen LogP contribution in [-0.4, -0.2) is 37.8 Å². The largest absolute Gasteiger partial charge is 0.488 e. The molecule has 0 unspecified atom stereocenters. The Kier molecular flexibility index (Phi) is 5.61. The summed E-state index contributed by atoms with van der Waals surface area (Å²) in [5, 5.41) is 9.44. The van der Waals surface area contributed by atoms with Crippen molar-refractivity contribution in [1.82, 2.24) is 25.1 Å². The van der Waals surface area contributed by atoms with Gasteiger partial charge in [0.15, 0.2) is 11.6 Å². The zero-order valence-electron chi connectivity index (χ0n) is 20.6. The molecule has 186 valence electrons. The molecule has 0 amide bonds. The summed E-state index contributed by atoms with van der Waals surface area (Å²) in [6.07, 6.45) is 6.07. The molecule has 5 heterocycles. The van der Waals surface area contributed by atoms with Crippen molar-refractivity contribution in [3.8, 4) is 28.3 Å². The summed E-state index contributed by atoms with van der Waals surface area (Å²) in [4.78, 5) is 12.7. The lowest BCUT2D eigenvalue weighted by molar-refractivity contribution is 0.288. The normalized spacial score (nSPS) is 12.4. The van der Waals surface area contributed by atoms with E-state index in [0.29, 0.717) is 17.9 Å². The van der Waals surface area contributed by atoms with Gasteiger partial charge in [0.25, 0.3) is 0 Å². The first-order valence-electron chi connectivity index (χ1n) is 12.1. The zero-order valence-corrected chi connectivity index (χ0v) is 20.6. The lowest BCUT2D eigenvalue weighted by Crippen LogP contribution is -2.30. The van der Waals surface area contributed by atoms with Crippen LogP contribution in [0.15, 0.2) is 65.5 Å². The maximum absolute atomic E-state index is 6.46. The monoisotopic (exact) mass is 493 g/mol. The van der Waals surface area contributed by atoms with Gasteiger partial charge in [0.05, 0.1) is 35.1 Å². The number of aryl methyl sites for hydroxylation is 2. The van der Waals surface area contributed by atoms with Gasteiger partial charge in [-0.15, -0.1) is 0 Å². The van der Waals surface area contributed by atoms with Crippen molar-refractivity contribution in [1.29, 1.82) is 0 Å². The van der Waals surface area contributed by atoms with E-state index in [1.54, 1.807) is 12.5 Å². The van der Waals surface area contributed by atoms with Crippen molar-refractivity contribution in [2.75, 3.05) is 12.3 Å². The summed E-state index contributed by atoms with van der Waals surface area (Å²) >= 11 is 0. The van der Waals surface area contributed by atoms with Gasteiger partial charge in [-0.3, -0.25) is 10.1 Å². The minimum absolute atomic E-state index is 0.235. The van der Waals surface area contributed by atoms with Crippen LogP contribution in [0.5, 0.6) is 5.75 Å². The molecule has 0 spiro atoms. The first kappa shape index (κ1) is 22.8. The van der Waals surface area contributed by atoms with Gasteiger partial charge in [-0.05, 0) is 50.1 Å². The van der Waals surface area contributed by atoms with Crippen LogP contribution in [0.3, 0.4) is 0 Å². The Labute approximate surface area is 212 Å². The van der Waals surface area contributed by atoms with Crippen LogP contribution in [0.25, 0.3) is 44.3 Å². The number of benzene rings is 1. The molecule has 37 heavy (non-hydrogen) atoms. The van der Waals surface area contributed by atoms with Gasteiger partial charge < -0.3 is 25.6 Å². The molecule has 6 rings (SSSR count). The fourth-order valence-electron chi connectivity index (χ4n) is 4.69. The molecule has 9 nitrogen and oxygen atoms in total. The molecule has 0 bridgehead atoms. The number of nitrogen functional groups attached to an aromatic ring is 1. The number of nitrogens with one attached hydrogen (secondary N) is 2. The summed E-state index contributed by atoms with van der Waals surface area (Å²) in [5.74, 6) is 1.47. The highest BCUT2D eigenvalue weighted by Gasteiger charge is 2.20. The Bertz CT molecular complexity index is 1730. The number of H-pyrrole nitrogens is 2. The number of nitrogens with zero attached hydrogens (tertiary/aromatic N) is 3. The Morgan fingerprint density at radius 3 is 2.76 bits per heavy atom. The van der Waals surface area contributed by atoms with Gasteiger partial charge in [-0.2, -0.15) is 5.10 Å². The first-order valence-corrected chi connectivity index (χ1v) is 12.1. The predicted octanol–water partition coefficient (Wildman–Crippen LogP) is 4.91. The van der Waals surface area contributed by atoms with Crippen LogP contribution in [0.1, 0.15) is 17.0 Å². The van der Waals surface area contributed by atoms with E-state index in [0.717, 1.165) is 55.6 Å². The average molecular weight is 494 g/mol. The van der Waals surface area contributed by atoms with E-state index in [-0.39, 0.29) is 18.5 Å². The summed E-state index contributed by atoms with van der Waals surface area (Å²) in [7, 11) is 0. The quantitative estimate of drug-likeness (QED) is 0.247. The van der Waals surface area contributed by atoms with Crippen molar-refractivity contribution >= 4 is 27.6 Å². The third kappa shape index (κ3) is 4.19. The molecule has 0 saturated heterocycles. The summed E-state index contributed by atoms with van der Waals surface area (Å²) in [6, 6.07) is 13.7. The number of aromatic amines is 2. The number of para-hydroxylation sites is 1. The number of nitrogens with two attached hydrogens (primary N) is 2. The van der Waals surface area contributed by atoms with Gasteiger partial charge >= 0.3 is 0 Å². The highest BCUT2D eigenvalue weighted by atomic mass is 16.5. The SMILES string of the molecule is Cc1occc1-c1nc(N)c(OC[C@@H](N)Cc2c[nH]c3ccccc23)cc1-c1cc2c(C)n[nH]c2cn1. The Morgan fingerprint density at radius 2 is 1.92 bits per heavy atom. The minimum Gasteiger partial charge on any atom is -0.488 e. The van der Waals surface area contributed by atoms with Crippen molar-refractivity contribution in [2.24, 2.45) is 5.73 Å². The summed E-state index contributed by atoms with van der Waals surface area (Å²) < 4.78 is 11.7. The zero-order chi connectivity index (χ0) is 25.5. The molecule has 6 N–H and O–H groups in total. The molecule has 0 fully saturated rings. The molecule has 1 aromatic carbocycles. The first-order chi connectivity index (χ1) is 18.0. The van der Waals surface area contributed by atoms with Crippen LogP contribution < -0.4 is 16.2 Å². The van der Waals surface area contributed by atoms with Crippen molar-refractivity contribution in [2.45, 2.75) is 26.3 Å². The Balaban J connectivity index is 1.33. The van der Waals surface area contributed by atoms with Crippen LogP contribution in [-0.2, 0) is 6.42 Å². The van der Waals surface area contributed by atoms with Gasteiger partial charge in [-0.25, -0.2) is 4.98 Å².